The lowest BCUT2D eigenvalue weighted by molar-refractivity contribution is -0.0350. The summed E-state index contributed by atoms with van der Waals surface area (Å²) in [6.45, 7) is 3.34. The Labute approximate surface area is 164 Å². The van der Waals surface area contributed by atoms with Gasteiger partial charge in [-0.25, -0.2) is 0 Å². The Kier molecular flexibility index (Phi) is 5.53. The zero-order valence-corrected chi connectivity index (χ0v) is 16.1. The van der Waals surface area contributed by atoms with Gasteiger partial charge in [0.05, 0.1) is 18.5 Å². The molecule has 1 atom stereocenters. The van der Waals surface area contributed by atoms with Crippen LogP contribution in [0.15, 0.2) is 54.9 Å². The number of pyridine rings is 1. The first-order valence-electron chi connectivity index (χ1n) is 9.18. The number of nitrogens with zero attached hydrogens (tertiary/aromatic N) is 4. The van der Waals surface area contributed by atoms with E-state index in [4.69, 9.17) is 21.3 Å². The molecule has 0 aliphatic carbocycles. The van der Waals surface area contributed by atoms with Gasteiger partial charge in [0.1, 0.15) is 6.10 Å². The molecule has 0 spiro atoms. The molecule has 0 radical (unpaired) electrons. The molecule has 0 N–H and O–H groups in total. The fourth-order valence-corrected chi connectivity index (χ4v) is 3.65. The monoisotopic (exact) mass is 382 g/mol. The van der Waals surface area contributed by atoms with Gasteiger partial charge in [0.25, 0.3) is 0 Å². The Bertz CT molecular complexity index is 910. The van der Waals surface area contributed by atoms with Gasteiger partial charge in [0.15, 0.2) is 0 Å². The summed E-state index contributed by atoms with van der Waals surface area (Å²) in [7, 11) is 1.94. The molecule has 4 rings (SSSR count). The van der Waals surface area contributed by atoms with E-state index >= 15 is 0 Å². The number of benzene rings is 1. The highest BCUT2D eigenvalue weighted by atomic mass is 35.5. The molecular weight excluding hydrogens is 360 g/mol. The summed E-state index contributed by atoms with van der Waals surface area (Å²) in [4.78, 5) is 7.25. The largest absolute Gasteiger partial charge is 0.369 e. The van der Waals surface area contributed by atoms with Crippen LogP contribution in [-0.2, 0) is 24.8 Å². The molecule has 0 saturated carbocycles. The van der Waals surface area contributed by atoms with Crippen LogP contribution in [0.3, 0.4) is 0 Å². The van der Waals surface area contributed by atoms with Crippen molar-refractivity contribution in [3.8, 4) is 0 Å². The van der Waals surface area contributed by atoms with Crippen molar-refractivity contribution >= 4 is 11.6 Å². The summed E-state index contributed by atoms with van der Waals surface area (Å²) in [5, 5.41) is 5.03. The average Bonchev–Trinajstić information content (AvgIpc) is 3.09. The zero-order chi connectivity index (χ0) is 18.6. The van der Waals surface area contributed by atoms with Crippen molar-refractivity contribution in [2.75, 3.05) is 19.7 Å². The fourth-order valence-electron chi connectivity index (χ4n) is 3.45. The molecule has 1 fully saturated rings. The highest BCUT2D eigenvalue weighted by Crippen LogP contribution is 2.23. The first-order valence-corrected chi connectivity index (χ1v) is 9.56. The highest BCUT2D eigenvalue weighted by Gasteiger charge is 2.23. The second kappa shape index (κ2) is 8.21. The van der Waals surface area contributed by atoms with Gasteiger partial charge in [-0.3, -0.25) is 14.6 Å². The third-order valence-corrected chi connectivity index (χ3v) is 5.17. The maximum Gasteiger partial charge on any atom is 0.112 e. The van der Waals surface area contributed by atoms with Gasteiger partial charge < -0.3 is 4.74 Å². The second-order valence-electron chi connectivity index (χ2n) is 6.94. The molecular formula is C21H23ClN4O. The maximum absolute atomic E-state index is 6.29. The maximum atomic E-state index is 6.29. The first kappa shape index (κ1) is 18.2. The van der Waals surface area contributed by atoms with Gasteiger partial charge in [0, 0.05) is 55.6 Å². The molecule has 0 amide bonds. The summed E-state index contributed by atoms with van der Waals surface area (Å²) in [5.41, 5.74) is 4.30. The second-order valence-corrected chi connectivity index (χ2v) is 7.35. The molecule has 27 heavy (non-hydrogen) atoms. The number of hydrogen-bond acceptors (Lipinski definition) is 4. The van der Waals surface area contributed by atoms with Crippen molar-refractivity contribution in [3.05, 3.63) is 82.4 Å². The topological polar surface area (TPSA) is 43.2 Å². The van der Waals surface area contributed by atoms with Crippen LogP contribution >= 0.6 is 11.6 Å². The van der Waals surface area contributed by atoms with E-state index in [1.165, 1.54) is 5.56 Å². The lowest BCUT2D eigenvalue weighted by atomic mass is 10.1. The third kappa shape index (κ3) is 4.56. The number of halogens is 1. The zero-order valence-electron chi connectivity index (χ0n) is 15.4. The van der Waals surface area contributed by atoms with E-state index in [9.17, 15) is 0 Å². The standard InChI is InChI=1S/C21H23ClN4O/c1-25-13-16(12-23-25)14-26-9-10-27-21(15-26)20-8-4-6-18(24-20)11-17-5-2-3-7-19(17)22/h2-8,12-13,21H,9-11,14-15H2,1H3. The molecule has 2 aromatic heterocycles. The lowest BCUT2D eigenvalue weighted by Gasteiger charge is -2.32. The van der Waals surface area contributed by atoms with Crippen molar-refractivity contribution in [3.63, 3.8) is 0 Å². The minimum Gasteiger partial charge on any atom is -0.369 e. The number of aryl methyl sites for hydroxylation is 1. The summed E-state index contributed by atoms with van der Waals surface area (Å²) in [6.07, 6.45) is 4.70. The first-order chi connectivity index (χ1) is 13.2. The summed E-state index contributed by atoms with van der Waals surface area (Å²) >= 11 is 6.29. The quantitative estimate of drug-likeness (QED) is 0.675. The van der Waals surface area contributed by atoms with Gasteiger partial charge >= 0.3 is 0 Å². The summed E-state index contributed by atoms with van der Waals surface area (Å²) in [6, 6.07) is 14.1. The van der Waals surface area contributed by atoms with Crippen molar-refractivity contribution < 1.29 is 4.74 Å². The minimum absolute atomic E-state index is 0.0124. The van der Waals surface area contributed by atoms with Crippen molar-refractivity contribution in [2.45, 2.75) is 19.1 Å². The molecule has 1 unspecified atom stereocenters. The van der Waals surface area contributed by atoms with Crippen LogP contribution in [0.1, 0.15) is 28.6 Å². The summed E-state index contributed by atoms with van der Waals surface area (Å²) in [5.74, 6) is 0. The predicted octanol–water partition coefficient (Wildman–Crippen LogP) is 3.63. The fraction of sp³-hybridized carbons (Fsp3) is 0.333. The summed E-state index contributed by atoms with van der Waals surface area (Å²) < 4.78 is 7.86. The van der Waals surface area contributed by atoms with Crippen LogP contribution in [0.2, 0.25) is 5.02 Å². The van der Waals surface area contributed by atoms with E-state index < -0.39 is 0 Å². The molecule has 3 heterocycles. The third-order valence-electron chi connectivity index (χ3n) is 4.80. The van der Waals surface area contributed by atoms with Crippen molar-refractivity contribution in [2.24, 2.45) is 7.05 Å². The number of hydrogen-bond donors (Lipinski definition) is 0. The molecule has 3 aromatic rings. The molecule has 5 nitrogen and oxygen atoms in total. The highest BCUT2D eigenvalue weighted by molar-refractivity contribution is 6.31. The number of aromatic nitrogens is 3. The minimum atomic E-state index is -0.0124. The van der Waals surface area contributed by atoms with Gasteiger partial charge in [0.2, 0.25) is 0 Å². The smallest absolute Gasteiger partial charge is 0.112 e. The van der Waals surface area contributed by atoms with E-state index in [-0.39, 0.29) is 6.10 Å². The Hall–Kier alpha value is -2.21. The lowest BCUT2D eigenvalue weighted by Crippen LogP contribution is -2.38. The number of rotatable bonds is 5. The van der Waals surface area contributed by atoms with Crippen LogP contribution in [0.5, 0.6) is 0 Å². The number of morpholine rings is 1. The molecule has 1 aliphatic heterocycles. The molecule has 6 heteroatoms. The normalized spacial score (nSPS) is 17.9. The Morgan fingerprint density at radius 1 is 1.19 bits per heavy atom. The van der Waals surface area contributed by atoms with E-state index in [2.05, 4.69) is 22.3 Å². The van der Waals surface area contributed by atoms with Crippen molar-refractivity contribution in [1.82, 2.24) is 19.7 Å². The Morgan fingerprint density at radius 2 is 2.07 bits per heavy atom. The van der Waals surface area contributed by atoms with Crippen molar-refractivity contribution in [1.29, 1.82) is 0 Å². The molecule has 1 aromatic carbocycles. The molecule has 0 bridgehead atoms. The Morgan fingerprint density at radius 3 is 2.89 bits per heavy atom. The van der Waals surface area contributed by atoms with E-state index in [1.807, 2.05) is 54.3 Å². The molecule has 1 aliphatic rings. The van der Waals surface area contributed by atoms with Gasteiger partial charge in [-0.1, -0.05) is 35.9 Å². The van der Waals surface area contributed by atoms with E-state index in [1.54, 1.807) is 0 Å². The van der Waals surface area contributed by atoms with Crippen LogP contribution in [0, 0.1) is 0 Å². The Balaban J connectivity index is 1.45. The van der Waals surface area contributed by atoms with Gasteiger partial charge in [-0.15, -0.1) is 0 Å². The van der Waals surface area contributed by atoms with Crippen LogP contribution < -0.4 is 0 Å². The number of ether oxygens (including phenoxy) is 1. The van der Waals surface area contributed by atoms with E-state index in [0.29, 0.717) is 6.61 Å². The molecule has 1 saturated heterocycles. The van der Waals surface area contributed by atoms with Crippen LogP contribution in [0.25, 0.3) is 0 Å². The van der Waals surface area contributed by atoms with Gasteiger partial charge in [-0.2, -0.15) is 5.10 Å². The van der Waals surface area contributed by atoms with E-state index in [0.717, 1.165) is 48.0 Å². The van der Waals surface area contributed by atoms with Crippen LogP contribution in [-0.4, -0.2) is 39.4 Å². The molecule has 140 valence electrons. The predicted molar refractivity (Wildman–Crippen MR) is 106 cm³/mol. The van der Waals surface area contributed by atoms with Gasteiger partial charge in [-0.05, 0) is 23.8 Å². The van der Waals surface area contributed by atoms with Crippen LogP contribution in [0.4, 0.5) is 0 Å². The average molecular weight is 383 g/mol. The SMILES string of the molecule is Cn1cc(CN2CCOC(c3cccc(Cc4ccccc4Cl)n3)C2)cn1.